The van der Waals surface area contributed by atoms with E-state index in [0.717, 1.165) is 21.9 Å². The molecule has 0 unspecified atom stereocenters. The summed E-state index contributed by atoms with van der Waals surface area (Å²) in [5, 5.41) is 3.22. The zero-order valence-electron chi connectivity index (χ0n) is 8.72. The summed E-state index contributed by atoms with van der Waals surface area (Å²) >= 11 is 3.46. The molecule has 0 saturated carbocycles. The minimum Gasteiger partial charge on any atom is -0.277 e. The summed E-state index contributed by atoms with van der Waals surface area (Å²) in [6, 6.07) is 0. The number of nitrogens with one attached hydrogen (secondary N) is 1. The molecule has 76 valence electrons. The maximum Gasteiger partial charge on any atom is 0.251 e. The van der Waals surface area contributed by atoms with Crippen molar-refractivity contribution in [2.45, 2.75) is 33.1 Å². The number of hydrogen-bond acceptors (Lipinski definition) is 2. The van der Waals surface area contributed by atoms with Gasteiger partial charge in [-0.2, -0.15) is 4.98 Å². The molecular weight excluding hydrogens is 244 g/mol. The van der Waals surface area contributed by atoms with Crippen LogP contribution in [0.5, 0.6) is 0 Å². The Morgan fingerprint density at radius 2 is 1.93 bits per heavy atom. The molecule has 0 saturated heterocycles. The molecule has 0 bridgehead atoms. The van der Waals surface area contributed by atoms with E-state index in [0.29, 0.717) is 0 Å². The van der Waals surface area contributed by atoms with E-state index in [4.69, 9.17) is 0 Å². The first-order valence-electron chi connectivity index (χ1n) is 4.50. The van der Waals surface area contributed by atoms with Crippen LogP contribution in [0.4, 0.5) is 0 Å². The van der Waals surface area contributed by atoms with Crippen molar-refractivity contribution in [3.8, 4) is 0 Å². The van der Waals surface area contributed by atoms with E-state index >= 15 is 0 Å². The highest BCUT2D eigenvalue weighted by molar-refractivity contribution is 9.10. The van der Waals surface area contributed by atoms with E-state index in [-0.39, 0.29) is 5.41 Å². The molecule has 5 heteroatoms. The van der Waals surface area contributed by atoms with Gasteiger partial charge in [0.15, 0.2) is 0 Å². The lowest BCUT2D eigenvalue weighted by atomic mass is 9.96. The molecule has 0 amide bonds. The van der Waals surface area contributed by atoms with Crippen LogP contribution in [0.15, 0.2) is 4.60 Å². The second-order valence-electron chi connectivity index (χ2n) is 4.45. The predicted molar refractivity (Wildman–Crippen MR) is 58.5 cm³/mol. The molecule has 2 aromatic heterocycles. The van der Waals surface area contributed by atoms with Crippen LogP contribution in [0.1, 0.15) is 32.3 Å². The Morgan fingerprint density at radius 3 is 2.43 bits per heavy atom. The van der Waals surface area contributed by atoms with Gasteiger partial charge in [-0.1, -0.05) is 20.8 Å². The Hall–Kier alpha value is -0.840. The van der Waals surface area contributed by atoms with Gasteiger partial charge >= 0.3 is 0 Å². The highest BCUT2D eigenvalue weighted by atomic mass is 79.9. The van der Waals surface area contributed by atoms with E-state index < -0.39 is 0 Å². The third kappa shape index (κ3) is 1.35. The third-order valence-electron chi connectivity index (χ3n) is 2.10. The number of fused-ring (bicyclic) bond motifs is 1. The standard InChI is InChI=1S/C9H13BrN4/c1-5-6(10)14-8(11-5)12-7(13-14)9(2,3)4/h1-4H3,(H,11,12,13). The van der Waals surface area contributed by atoms with E-state index in [1.807, 2.05) is 11.4 Å². The number of halogens is 1. The lowest BCUT2D eigenvalue weighted by Crippen LogP contribution is -2.13. The van der Waals surface area contributed by atoms with Gasteiger partial charge < -0.3 is 0 Å². The molecule has 0 spiro atoms. The highest BCUT2D eigenvalue weighted by Crippen LogP contribution is 2.22. The fourth-order valence-electron chi connectivity index (χ4n) is 1.24. The number of rotatable bonds is 0. The van der Waals surface area contributed by atoms with Gasteiger partial charge in [0.1, 0.15) is 10.4 Å². The minimum atomic E-state index is 0.0219. The van der Waals surface area contributed by atoms with Crippen molar-refractivity contribution in [2.75, 3.05) is 0 Å². The van der Waals surface area contributed by atoms with Crippen LogP contribution >= 0.6 is 15.9 Å². The van der Waals surface area contributed by atoms with Crippen LogP contribution in [0.2, 0.25) is 0 Å². The van der Waals surface area contributed by atoms with Crippen molar-refractivity contribution in [3.63, 3.8) is 0 Å². The molecule has 4 nitrogen and oxygen atoms in total. The Morgan fingerprint density at radius 1 is 1.29 bits per heavy atom. The van der Waals surface area contributed by atoms with Crippen molar-refractivity contribution in [3.05, 3.63) is 16.1 Å². The van der Waals surface area contributed by atoms with Gasteiger partial charge in [0.05, 0.1) is 5.69 Å². The monoisotopic (exact) mass is 256 g/mol. The number of aryl methyl sites for hydroxylation is 1. The van der Waals surface area contributed by atoms with Gasteiger partial charge in [-0.25, -0.2) is 9.50 Å². The number of aromatic nitrogens is 4. The molecule has 0 aliphatic carbocycles. The summed E-state index contributed by atoms with van der Waals surface area (Å²) < 4.78 is 2.80. The van der Waals surface area contributed by atoms with Gasteiger partial charge in [0.25, 0.3) is 5.78 Å². The predicted octanol–water partition coefficient (Wildman–Crippen LogP) is 2.43. The van der Waals surface area contributed by atoms with Crippen molar-refractivity contribution < 1.29 is 0 Å². The maximum atomic E-state index is 4.43. The van der Waals surface area contributed by atoms with E-state index in [1.54, 1.807) is 0 Å². The van der Waals surface area contributed by atoms with Crippen LogP contribution < -0.4 is 0 Å². The Labute approximate surface area is 90.9 Å². The third-order valence-corrected chi connectivity index (χ3v) is 3.03. The van der Waals surface area contributed by atoms with Gasteiger partial charge in [-0.3, -0.25) is 5.10 Å². The van der Waals surface area contributed by atoms with E-state index in [9.17, 15) is 0 Å². The average Bonchev–Trinajstić information content (AvgIpc) is 2.54. The summed E-state index contributed by atoms with van der Waals surface area (Å²) in [7, 11) is 0. The van der Waals surface area contributed by atoms with Crippen molar-refractivity contribution in [2.24, 2.45) is 0 Å². The second-order valence-corrected chi connectivity index (χ2v) is 5.20. The summed E-state index contributed by atoms with van der Waals surface area (Å²) in [6.45, 7) is 8.30. The van der Waals surface area contributed by atoms with Crippen LogP contribution in [0, 0.1) is 6.92 Å². The molecule has 2 heterocycles. The van der Waals surface area contributed by atoms with Gasteiger partial charge in [0, 0.05) is 5.41 Å². The van der Waals surface area contributed by atoms with Gasteiger partial charge in [-0.05, 0) is 22.9 Å². The summed E-state index contributed by atoms with van der Waals surface area (Å²) in [6.07, 6.45) is 0. The normalized spacial score (nSPS) is 12.6. The Balaban J connectivity index is 2.65. The van der Waals surface area contributed by atoms with Crippen LogP contribution in [-0.2, 0) is 5.41 Å². The molecule has 2 rings (SSSR count). The first-order valence-corrected chi connectivity index (χ1v) is 5.30. The SMILES string of the molecule is Cc1nc2nc(C(C)(C)C)[nH]n2c1Br. The Bertz CT molecular complexity index is 475. The first kappa shape index (κ1) is 9.71. The van der Waals surface area contributed by atoms with Crippen molar-refractivity contribution in [1.29, 1.82) is 0 Å². The zero-order chi connectivity index (χ0) is 10.5. The molecule has 1 N–H and O–H groups in total. The zero-order valence-corrected chi connectivity index (χ0v) is 10.3. The average molecular weight is 257 g/mol. The van der Waals surface area contributed by atoms with Crippen molar-refractivity contribution in [1.82, 2.24) is 19.6 Å². The lowest BCUT2D eigenvalue weighted by molar-refractivity contribution is 0.544. The fraction of sp³-hybridized carbons (Fsp3) is 0.556. The molecule has 0 fully saturated rings. The maximum absolute atomic E-state index is 4.43. The molecule has 0 aliphatic heterocycles. The van der Waals surface area contributed by atoms with Gasteiger partial charge in [0.2, 0.25) is 0 Å². The molecule has 0 aliphatic rings. The number of H-pyrrole nitrogens is 1. The highest BCUT2D eigenvalue weighted by Gasteiger charge is 2.20. The smallest absolute Gasteiger partial charge is 0.251 e. The summed E-state index contributed by atoms with van der Waals surface area (Å²) in [5.41, 5.74) is 0.970. The van der Waals surface area contributed by atoms with Gasteiger partial charge in [-0.15, -0.1) is 0 Å². The number of imidazole rings is 1. The van der Waals surface area contributed by atoms with Crippen molar-refractivity contribution >= 4 is 21.7 Å². The fourth-order valence-corrected chi connectivity index (χ4v) is 1.57. The van der Waals surface area contributed by atoms with E-state index in [2.05, 4.69) is 51.8 Å². The summed E-state index contributed by atoms with van der Waals surface area (Å²) in [5.74, 6) is 1.67. The number of hydrogen-bond donors (Lipinski definition) is 1. The quantitative estimate of drug-likeness (QED) is 0.787. The molecule has 0 aromatic carbocycles. The number of nitrogens with zero attached hydrogens (tertiary/aromatic N) is 3. The molecule has 0 radical (unpaired) electrons. The van der Waals surface area contributed by atoms with Crippen LogP contribution in [0.25, 0.3) is 5.78 Å². The van der Waals surface area contributed by atoms with Crippen LogP contribution in [0.3, 0.4) is 0 Å². The summed E-state index contributed by atoms with van der Waals surface area (Å²) in [4.78, 5) is 8.75. The largest absolute Gasteiger partial charge is 0.277 e. The molecule has 2 aromatic rings. The van der Waals surface area contributed by atoms with Crippen LogP contribution in [-0.4, -0.2) is 19.6 Å². The van der Waals surface area contributed by atoms with E-state index in [1.165, 1.54) is 0 Å². The second kappa shape index (κ2) is 2.82. The number of aromatic amines is 1. The molecule has 0 atom stereocenters. The topological polar surface area (TPSA) is 46.0 Å². The minimum absolute atomic E-state index is 0.0219. The molecule has 14 heavy (non-hydrogen) atoms. The Kier molecular flexibility index (Phi) is 1.96. The molecular formula is C9H13BrN4. The lowest BCUT2D eigenvalue weighted by Gasteiger charge is -2.13. The first-order chi connectivity index (χ1) is 6.39.